The van der Waals surface area contributed by atoms with E-state index in [-0.39, 0.29) is 35.8 Å². The van der Waals surface area contributed by atoms with Gasteiger partial charge in [0.2, 0.25) is 5.91 Å². The van der Waals surface area contributed by atoms with Gasteiger partial charge in [-0.05, 0) is 25.7 Å². The first-order valence-electron chi connectivity index (χ1n) is 8.49. The molecule has 0 heterocycles. The number of hydrogen-bond donors (Lipinski definition) is 2. The van der Waals surface area contributed by atoms with Gasteiger partial charge in [0, 0.05) is 39.6 Å². The van der Waals surface area contributed by atoms with Crippen molar-refractivity contribution < 1.29 is 4.79 Å². The van der Waals surface area contributed by atoms with Crippen LogP contribution < -0.4 is 10.6 Å². The van der Waals surface area contributed by atoms with Crippen LogP contribution in [-0.2, 0) is 4.79 Å². The highest BCUT2D eigenvalue weighted by Crippen LogP contribution is 2.23. The number of nitrogens with zero attached hydrogens (tertiary/aromatic N) is 2. The standard InChI is InChI=1S/C17H32N4O.HI/c1-4-5-9-14-21(3)17(18-2)20-13-12-19-16(22)15-10-7-6-8-11-15;/h4,15H,1,5-14H2,2-3H3,(H,18,20)(H,19,22);1H. The molecule has 23 heavy (non-hydrogen) atoms. The average molecular weight is 436 g/mol. The first-order valence-corrected chi connectivity index (χ1v) is 8.49. The minimum absolute atomic E-state index is 0. The predicted octanol–water partition coefficient (Wildman–Crippen LogP) is 2.77. The zero-order valence-corrected chi connectivity index (χ0v) is 17.0. The molecular weight excluding hydrogens is 403 g/mol. The van der Waals surface area contributed by atoms with Crippen LogP contribution in [-0.4, -0.2) is 50.5 Å². The second-order valence-electron chi connectivity index (χ2n) is 5.95. The smallest absolute Gasteiger partial charge is 0.223 e. The number of unbranched alkanes of at least 4 members (excludes halogenated alkanes) is 1. The third kappa shape index (κ3) is 9.17. The van der Waals surface area contributed by atoms with E-state index in [1.807, 2.05) is 13.1 Å². The predicted molar refractivity (Wildman–Crippen MR) is 108 cm³/mol. The van der Waals surface area contributed by atoms with Crippen LogP contribution in [0.2, 0.25) is 0 Å². The molecule has 5 nitrogen and oxygen atoms in total. The number of amides is 1. The lowest BCUT2D eigenvalue weighted by Crippen LogP contribution is -2.43. The number of carbonyl (C=O) groups is 1. The number of nitrogens with one attached hydrogen (secondary N) is 2. The van der Waals surface area contributed by atoms with Gasteiger partial charge in [-0.2, -0.15) is 0 Å². The first-order chi connectivity index (χ1) is 10.7. The largest absolute Gasteiger partial charge is 0.354 e. The minimum atomic E-state index is 0. The van der Waals surface area contributed by atoms with Crippen LogP contribution in [0, 0.1) is 5.92 Å². The normalized spacial score (nSPS) is 15.5. The summed E-state index contributed by atoms with van der Waals surface area (Å²) in [6, 6.07) is 0. The molecule has 134 valence electrons. The first kappa shape index (κ1) is 22.2. The Bertz CT molecular complexity index is 368. The number of guanidine groups is 1. The molecular formula is C17H33IN4O. The van der Waals surface area contributed by atoms with E-state index in [9.17, 15) is 4.79 Å². The molecule has 0 aromatic rings. The third-order valence-corrected chi connectivity index (χ3v) is 4.16. The van der Waals surface area contributed by atoms with Crippen LogP contribution in [0.1, 0.15) is 44.9 Å². The zero-order chi connectivity index (χ0) is 16.2. The van der Waals surface area contributed by atoms with Crippen molar-refractivity contribution >= 4 is 35.8 Å². The maximum Gasteiger partial charge on any atom is 0.223 e. The molecule has 0 aromatic carbocycles. The molecule has 1 rings (SSSR count). The minimum Gasteiger partial charge on any atom is -0.354 e. The number of rotatable bonds is 8. The van der Waals surface area contributed by atoms with Gasteiger partial charge in [-0.25, -0.2) is 0 Å². The molecule has 0 spiro atoms. The summed E-state index contributed by atoms with van der Waals surface area (Å²) in [5.74, 6) is 1.32. The van der Waals surface area contributed by atoms with Crippen molar-refractivity contribution in [3.8, 4) is 0 Å². The van der Waals surface area contributed by atoms with Gasteiger partial charge >= 0.3 is 0 Å². The molecule has 1 amide bonds. The van der Waals surface area contributed by atoms with E-state index in [1.165, 1.54) is 19.3 Å². The van der Waals surface area contributed by atoms with Gasteiger partial charge in [-0.3, -0.25) is 9.79 Å². The Labute approximate surface area is 158 Å². The van der Waals surface area contributed by atoms with Crippen molar-refractivity contribution in [3.05, 3.63) is 12.7 Å². The van der Waals surface area contributed by atoms with E-state index in [4.69, 9.17) is 0 Å². The van der Waals surface area contributed by atoms with E-state index in [0.29, 0.717) is 13.1 Å². The van der Waals surface area contributed by atoms with Crippen molar-refractivity contribution in [2.45, 2.75) is 44.9 Å². The lowest BCUT2D eigenvalue weighted by atomic mass is 9.89. The van der Waals surface area contributed by atoms with Gasteiger partial charge in [-0.15, -0.1) is 30.6 Å². The highest BCUT2D eigenvalue weighted by atomic mass is 127. The Morgan fingerprint density at radius 2 is 1.91 bits per heavy atom. The van der Waals surface area contributed by atoms with Gasteiger partial charge in [0.15, 0.2) is 5.96 Å². The molecule has 0 aliphatic heterocycles. The Balaban J connectivity index is 0.00000484. The maximum atomic E-state index is 12.0. The molecule has 0 atom stereocenters. The van der Waals surface area contributed by atoms with Crippen molar-refractivity contribution in [1.82, 2.24) is 15.5 Å². The summed E-state index contributed by atoms with van der Waals surface area (Å²) >= 11 is 0. The van der Waals surface area contributed by atoms with Gasteiger partial charge in [0.1, 0.15) is 0 Å². The number of carbonyl (C=O) groups excluding carboxylic acids is 1. The fourth-order valence-corrected chi connectivity index (χ4v) is 2.83. The van der Waals surface area contributed by atoms with Crippen molar-refractivity contribution in [2.75, 3.05) is 33.7 Å². The summed E-state index contributed by atoms with van der Waals surface area (Å²) in [5.41, 5.74) is 0. The fraction of sp³-hybridized carbons (Fsp3) is 0.765. The van der Waals surface area contributed by atoms with Crippen molar-refractivity contribution in [3.63, 3.8) is 0 Å². The second-order valence-corrected chi connectivity index (χ2v) is 5.95. The number of allylic oxidation sites excluding steroid dienone is 1. The topological polar surface area (TPSA) is 56.7 Å². The highest BCUT2D eigenvalue weighted by molar-refractivity contribution is 14.0. The van der Waals surface area contributed by atoms with Crippen LogP contribution in [0.3, 0.4) is 0 Å². The van der Waals surface area contributed by atoms with E-state index in [2.05, 4.69) is 27.1 Å². The van der Waals surface area contributed by atoms with Crippen LogP contribution in [0.4, 0.5) is 0 Å². The van der Waals surface area contributed by atoms with Crippen LogP contribution >= 0.6 is 24.0 Å². The Kier molecular flexibility index (Phi) is 13.2. The highest BCUT2D eigenvalue weighted by Gasteiger charge is 2.20. The molecule has 0 bridgehead atoms. The SMILES string of the molecule is C=CCCCN(C)C(=NC)NCCNC(=O)C1CCCCC1.I. The molecule has 1 aliphatic carbocycles. The van der Waals surface area contributed by atoms with E-state index in [1.54, 1.807) is 7.05 Å². The van der Waals surface area contributed by atoms with Crippen molar-refractivity contribution in [1.29, 1.82) is 0 Å². The van der Waals surface area contributed by atoms with E-state index in [0.717, 1.165) is 38.2 Å². The number of hydrogen-bond acceptors (Lipinski definition) is 2. The number of aliphatic imine (C=N–C) groups is 1. The van der Waals surface area contributed by atoms with Crippen LogP contribution in [0.25, 0.3) is 0 Å². The molecule has 1 saturated carbocycles. The molecule has 2 N–H and O–H groups in total. The molecule has 0 radical (unpaired) electrons. The summed E-state index contributed by atoms with van der Waals surface area (Å²) in [5, 5.41) is 6.32. The Morgan fingerprint density at radius 3 is 2.52 bits per heavy atom. The van der Waals surface area contributed by atoms with Crippen LogP contribution in [0.5, 0.6) is 0 Å². The van der Waals surface area contributed by atoms with Gasteiger partial charge < -0.3 is 15.5 Å². The Morgan fingerprint density at radius 1 is 1.26 bits per heavy atom. The summed E-state index contributed by atoms with van der Waals surface area (Å²) in [6.45, 7) is 6.03. The lowest BCUT2D eigenvalue weighted by molar-refractivity contribution is -0.125. The second kappa shape index (κ2) is 13.6. The van der Waals surface area contributed by atoms with Gasteiger partial charge in [-0.1, -0.05) is 25.3 Å². The summed E-state index contributed by atoms with van der Waals surface area (Å²) in [6.07, 6.45) is 9.78. The fourth-order valence-electron chi connectivity index (χ4n) is 2.83. The van der Waals surface area contributed by atoms with Gasteiger partial charge in [0.05, 0.1) is 0 Å². The quantitative estimate of drug-likeness (QED) is 0.202. The molecule has 1 aliphatic rings. The van der Waals surface area contributed by atoms with Crippen molar-refractivity contribution in [2.24, 2.45) is 10.9 Å². The zero-order valence-electron chi connectivity index (χ0n) is 14.6. The number of halogens is 1. The Hall–Kier alpha value is -0.790. The third-order valence-electron chi connectivity index (χ3n) is 4.16. The van der Waals surface area contributed by atoms with Gasteiger partial charge in [0.25, 0.3) is 0 Å². The summed E-state index contributed by atoms with van der Waals surface area (Å²) in [7, 11) is 3.81. The average Bonchev–Trinajstić information content (AvgIpc) is 2.55. The van der Waals surface area contributed by atoms with E-state index < -0.39 is 0 Å². The summed E-state index contributed by atoms with van der Waals surface area (Å²) < 4.78 is 0. The monoisotopic (exact) mass is 436 g/mol. The molecule has 0 aromatic heterocycles. The van der Waals surface area contributed by atoms with E-state index >= 15 is 0 Å². The van der Waals surface area contributed by atoms with Crippen LogP contribution in [0.15, 0.2) is 17.6 Å². The molecule has 1 fully saturated rings. The molecule has 0 saturated heterocycles. The maximum absolute atomic E-state index is 12.0. The molecule has 6 heteroatoms. The lowest BCUT2D eigenvalue weighted by Gasteiger charge is -2.23. The summed E-state index contributed by atoms with van der Waals surface area (Å²) in [4.78, 5) is 18.4. The molecule has 0 unspecified atom stereocenters.